The zero-order valence-electron chi connectivity index (χ0n) is 14.7. The first-order valence-corrected chi connectivity index (χ1v) is 8.39. The molecule has 0 bridgehead atoms. The van der Waals surface area contributed by atoms with Gasteiger partial charge in [-0.1, -0.05) is 10.3 Å². The van der Waals surface area contributed by atoms with Crippen LogP contribution < -0.4 is 4.90 Å². The minimum atomic E-state index is -0.607. The number of anilines is 1. The Balaban J connectivity index is 1.87. The lowest BCUT2D eigenvalue weighted by Gasteiger charge is -2.37. The van der Waals surface area contributed by atoms with Crippen molar-refractivity contribution in [3.05, 3.63) is 29.3 Å². The van der Waals surface area contributed by atoms with Crippen molar-refractivity contribution in [2.24, 2.45) is 0 Å². The van der Waals surface area contributed by atoms with Crippen molar-refractivity contribution in [1.29, 1.82) is 0 Å². The van der Waals surface area contributed by atoms with Crippen LogP contribution in [0.15, 0.2) is 21.2 Å². The topological polar surface area (TPSA) is 81.6 Å². The summed E-state index contributed by atoms with van der Waals surface area (Å²) in [6.07, 6.45) is 0.501. The molecule has 0 saturated carbocycles. The fourth-order valence-electron chi connectivity index (χ4n) is 3.48. The summed E-state index contributed by atoms with van der Waals surface area (Å²) >= 11 is 0. The van der Waals surface area contributed by atoms with Gasteiger partial charge in [-0.3, -0.25) is 4.79 Å². The number of fused-ring (bicyclic) bond motifs is 1. The second-order valence-corrected chi connectivity index (χ2v) is 6.64. The normalized spacial score (nSPS) is 20.7. The van der Waals surface area contributed by atoms with Crippen molar-refractivity contribution in [3.63, 3.8) is 0 Å². The lowest BCUT2D eigenvalue weighted by molar-refractivity contribution is -0.00543. The second kappa shape index (κ2) is 6.21. The molecule has 0 N–H and O–H groups in total. The molecule has 0 spiro atoms. The third kappa shape index (κ3) is 2.66. The van der Waals surface area contributed by atoms with E-state index >= 15 is 4.39 Å². The Morgan fingerprint density at radius 2 is 1.92 bits per heavy atom. The summed E-state index contributed by atoms with van der Waals surface area (Å²) in [5.74, 6) is -0.00925. The van der Waals surface area contributed by atoms with Crippen molar-refractivity contribution in [3.8, 4) is 11.4 Å². The van der Waals surface area contributed by atoms with Gasteiger partial charge in [-0.15, -0.1) is 0 Å². The smallest absolute Gasteiger partial charge is 0.205 e. The molecule has 3 heterocycles. The van der Waals surface area contributed by atoms with E-state index in [0.29, 0.717) is 41.9 Å². The Kier molecular flexibility index (Phi) is 3.99. The number of ether oxygens (including phenoxy) is 1. The highest BCUT2D eigenvalue weighted by molar-refractivity contribution is 5.99. The van der Waals surface area contributed by atoms with E-state index in [1.807, 2.05) is 18.7 Å². The fourth-order valence-corrected chi connectivity index (χ4v) is 3.48. The van der Waals surface area contributed by atoms with Gasteiger partial charge in [0, 0.05) is 24.7 Å². The molecule has 1 aromatic carbocycles. The highest BCUT2D eigenvalue weighted by Crippen LogP contribution is 2.36. The first-order valence-electron chi connectivity index (χ1n) is 8.39. The van der Waals surface area contributed by atoms with E-state index < -0.39 is 5.82 Å². The third-order valence-electron chi connectivity index (χ3n) is 4.44. The van der Waals surface area contributed by atoms with Crippen molar-refractivity contribution < 1.29 is 23.0 Å². The van der Waals surface area contributed by atoms with Crippen LogP contribution in [0.1, 0.15) is 30.0 Å². The van der Waals surface area contributed by atoms with Gasteiger partial charge in [0.05, 0.1) is 23.3 Å². The largest absolute Gasteiger partial charge is 0.372 e. The number of nitrogens with zero attached hydrogens (tertiary/aromatic N) is 3. The molecule has 7 nitrogen and oxygen atoms in total. The van der Waals surface area contributed by atoms with Crippen molar-refractivity contribution in [2.45, 2.75) is 33.0 Å². The molecule has 1 aliphatic rings. The van der Waals surface area contributed by atoms with E-state index in [0.717, 1.165) is 0 Å². The maximum Gasteiger partial charge on any atom is 0.205 e. The SMILES string of the molecule is Cc1cc(-c2noc3c(F)c(N4C[C@@H](C)O[C@@H](C)C4)c(C=O)cc23)no1. The molecule has 8 heteroatoms. The quantitative estimate of drug-likeness (QED) is 0.663. The highest BCUT2D eigenvalue weighted by Gasteiger charge is 2.29. The number of aromatic nitrogens is 2. The summed E-state index contributed by atoms with van der Waals surface area (Å²) < 4.78 is 31.3. The lowest BCUT2D eigenvalue weighted by Crippen LogP contribution is -2.46. The molecule has 2 aromatic heterocycles. The molecule has 1 saturated heterocycles. The van der Waals surface area contributed by atoms with Crippen LogP contribution in [0.4, 0.5) is 10.1 Å². The monoisotopic (exact) mass is 359 g/mol. The first kappa shape index (κ1) is 16.7. The molecule has 1 aliphatic heterocycles. The van der Waals surface area contributed by atoms with Crippen LogP contribution in [0.3, 0.4) is 0 Å². The first-order chi connectivity index (χ1) is 12.5. The number of carbonyl (C=O) groups is 1. The van der Waals surface area contributed by atoms with Gasteiger partial charge in [0.1, 0.15) is 17.1 Å². The Morgan fingerprint density at radius 1 is 1.19 bits per heavy atom. The van der Waals surface area contributed by atoms with Gasteiger partial charge in [0.25, 0.3) is 0 Å². The molecule has 136 valence electrons. The number of hydrogen-bond donors (Lipinski definition) is 0. The van der Waals surface area contributed by atoms with Crippen LogP contribution in [-0.4, -0.2) is 41.9 Å². The van der Waals surface area contributed by atoms with Crippen molar-refractivity contribution in [2.75, 3.05) is 18.0 Å². The van der Waals surface area contributed by atoms with Gasteiger partial charge in [-0.05, 0) is 26.8 Å². The van der Waals surface area contributed by atoms with Crippen LogP contribution >= 0.6 is 0 Å². The highest BCUT2D eigenvalue weighted by atomic mass is 19.1. The van der Waals surface area contributed by atoms with E-state index in [1.165, 1.54) is 0 Å². The molecule has 0 radical (unpaired) electrons. The summed E-state index contributed by atoms with van der Waals surface area (Å²) in [6.45, 7) is 6.54. The Bertz CT molecular complexity index is 970. The standard InChI is InChI=1S/C18H18FN3O4/c1-9-4-14(20-25-9)16-13-5-12(8-23)17(15(19)18(13)26-21-16)22-6-10(2)24-11(3)7-22/h4-5,8,10-11H,6-7H2,1-3H3/t10-,11+. The molecular weight excluding hydrogens is 341 g/mol. The van der Waals surface area contributed by atoms with Crippen molar-refractivity contribution in [1.82, 2.24) is 10.3 Å². The average Bonchev–Trinajstić information content (AvgIpc) is 3.19. The number of halogens is 1. The van der Waals surface area contributed by atoms with Crippen LogP contribution in [0, 0.1) is 12.7 Å². The van der Waals surface area contributed by atoms with E-state index in [-0.39, 0.29) is 29.0 Å². The molecular formula is C18H18FN3O4. The lowest BCUT2D eigenvalue weighted by atomic mass is 10.0. The second-order valence-electron chi connectivity index (χ2n) is 6.64. The molecule has 26 heavy (non-hydrogen) atoms. The maximum atomic E-state index is 15.3. The minimum Gasteiger partial charge on any atom is -0.372 e. The van der Waals surface area contributed by atoms with Gasteiger partial charge in [0.2, 0.25) is 5.58 Å². The molecule has 3 aromatic rings. The van der Waals surface area contributed by atoms with Crippen LogP contribution in [0.2, 0.25) is 0 Å². The van der Waals surface area contributed by atoms with E-state index in [4.69, 9.17) is 13.8 Å². The number of hydrogen-bond acceptors (Lipinski definition) is 7. The Hall–Kier alpha value is -2.74. The number of rotatable bonds is 3. The number of benzene rings is 1. The predicted molar refractivity (Wildman–Crippen MR) is 91.8 cm³/mol. The van der Waals surface area contributed by atoms with Gasteiger partial charge < -0.3 is 18.7 Å². The maximum absolute atomic E-state index is 15.3. The predicted octanol–water partition coefficient (Wildman–Crippen LogP) is 3.36. The average molecular weight is 359 g/mol. The van der Waals surface area contributed by atoms with Gasteiger partial charge in [0.15, 0.2) is 12.1 Å². The van der Waals surface area contributed by atoms with Gasteiger partial charge in [-0.25, -0.2) is 4.39 Å². The summed E-state index contributed by atoms with van der Waals surface area (Å²) in [4.78, 5) is 13.5. The van der Waals surface area contributed by atoms with E-state index in [2.05, 4.69) is 10.3 Å². The molecule has 0 aliphatic carbocycles. The van der Waals surface area contributed by atoms with Crippen LogP contribution in [-0.2, 0) is 4.74 Å². The zero-order chi connectivity index (χ0) is 18.4. The number of aldehydes is 1. The minimum absolute atomic E-state index is 0.00643. The Morgan fingerprint density at radius 3 is 2.54 bits per heavy atom. The summed E-state index contributed by atoms with van der Waals surface area (Å²) in [6, 6.07) is 3.26. The van der Waals surface area contributed by atoms with Crippen LogP contribution in [0.5, 0.6) is 0 Å². The van der Waals surface area contributed by atoms with E-state index in [1.54, 1.807) is 19.1 Å². The Labute approximate surface area is 148 Å². The zero-order valence-corrected chi connectivity index (χ0v) is 14.7. The molecule has 1 fully saturated rings. The third-order valence-corrected chi connectivity index (χ3v) is 4.44. The molecule has 0 amide bonds. The summed E-state index contributed by atoms with van der Waals surface area (Å²) in [5.41, 5.74) is 1.22. The molecule has 0 unspecified atom stereocenters. The number of aryl methyl sites for hydroxylation is 1. The van der Waals surface area contributed by atoms with Gasteiger partial charge >= 0.3 is 0 Å². The molecule has 2 atom stereocenters. The summed E-state index contributed by atoms with van der Waals surface area (Å²) in [5, 5.41) is 8.21. The van der Waals surface area contributed by atoms with E-state index in [9.17, 15) is 4.79 Å². The number of carbonyl (C=O) groups excluding carboxylic acids is 1. The van der Waals surface area contributed by atoms with Crippen LogP contribution in [0.25, 0.3) is 22.4 Å². The molecule has 4 rings (SSSR count). The van der Waals surface area contributed by atoms with Crippen molar-refractivity contribution >= 4 is 22.9 Å². The fraction of sp³-hybridized carbons (Fsp3) is 0.389. The van der Waals surface area contributed by atoms with Gasteiger partial charge in [-0.2, -0.15) is 0 Å². The number of morpholine rings is 1. The summed E-state index contributed by atoms with van der Waals surface area (Å²) in [7, 11) is 0.